The van der Waals surface area contributed by atoms with Crippen LogP contribution in [0.2, 0.25) is 0 Å². The van der Waals surface area contributed by atoms with Crippen molar-refractivity contribution in [3.05, 3.63) is 60.2 Å². The summed E-state index contributed by atoms with van der Waals surface area (Å²) in [6.45, 7) is 1.87. The minimum absolute atomic E-state index is 0.226. The van der Waals surface area contributed by atoms with E-state index < -0.39 is 0 Å². The Kier molecular flexibility index (Phi) is 4.13. The quantitative estimate of drug-likeness (QED) is 0.765. The van der Waals surface area contributed by atoms with Crippen LogP contribution < -0.4 is 0 Å². The zero-order chi connectivity index (χ0) is 12.8. The Morgan fingerprint density at radius 1 is 0.944 bits per heavy atom. The van der Waals surface area contributed by atoms with E-state index in [1.54, 1.807) is 0 Å². The summed E-state index contributed by atoms with van der Waals surface area (Å²) in [7, 11) is 0. The second-order valence-corrected chi connectivity index (χ2v) is 4.15. The van der Waals surface area contributed by atoms with E-state index >= 15 is 0 Å². The number of hydrogen-bond donors (Lipinski definition) is 0. The van der Waals surface area contributed by atoms with Gasteiger partial charge in [0.15, 0.2) is 0 Å². The fourth-order valence-electron chi connectivity index (χ4n) is 1.81. The molecule has 0 amide bonds. The maximum absolute atomic E-state index is 10.7. The topological polar surface area (TPSA) is 26.3 Å². The third-order valence-electron chi connectivity index (χ3n) is 2.76. The summed E-state index contributed by atoms with van der Waals surface area (Å²) in [5, 5.41) is 0. The van der Waals surface area contributed by atoms with Crippen LogP contribution in [0.25, 0.3) is 11.1 Å². The van der Waals surface area contributed by atoms with E-state index in [-0.39, 0.29) is 5.97 Å². The van der Waals surface area contributed by atoms with Gasteiger partial charge in [0.05, 0.1) is 6.61 Å². The minimum Gasteiger partial charge on any atom is -0.466 e. The van der Waals surface area contributed by atoms with Crippen molar-refractivity contribution in [2.24, 2.45) is 0 Å². The highest BCUT2D eigenvalue weighted by atomic mass is 16.5. The van der Waals surface area contributed by atoms with Gasteiger partial charge < -0.3 is 4.74 Å². The number of carbonyl (C=O) groups is 1. The van der Waals surface area contributed by atoms with Crippen LogP contribution in [0.4, 0.5) is 0 Å². The van der Waals surface area contributed by atoms with E-state index in [1.165, 1.54) is 23.6 Å². The molecule has 0 spiro atoms. The van der Waals surface area contributed by atoms with Crippen molar-refractivity contribution in [1.29, 1.82) is 0 Å². The summed E-state index contributed by atoms with van der Waals surface area (Å²) in [5.41, 5.74) is 3.59. The number of benzene rings is 2. The summed E-state index contributed by atoms with van der Waals surface area (Å²) in [6.07, 6.45) is 0.759. The van der Waals surface area contributed by atoms with Crippen LogP contribution in [0.1, 0.15) is 12.5 Å². The summed E-state index contributed by atoms with van der Waals surface area (Å²) in [4.78, 5) is 10.7. The van der Waals surface area contributed by atoms with Crippen molar-refractivity contribution in [1.82, 2.24) is 0 Å². The Hall–Kier alpha value is -2.09. The number of hydrogen-bond acceptors (Lipinski definition) is 2. The van der Waals surface area contributed by atoms with Crippen LogP contribution in [0.15, 0.2) is 54.6 Å². The first kappa shape index (κ1) is 12.4. The van der Waals surface area contributed by atoms with E-state index in [0.29, 0.717) is 6.61 Å². The highest BCUT2D eigenvalue weighted by Crippen LogP contribution is 2.19. The molecule has 0 aliphatic carbocycles. The van der Waals surface area contributed by atoms with E-state index in [0.717, 1.165) is 6.42 Å². The molecule has 0 fully saturated rings. The Morgan fingerprint density at radius 3 is 2.17 bits per heavy atom. The average molecular weight is 240 g/mol. The number of rotatable bonds is 4. The molecule has 92 valence electrons. The standard InChI is InChI=1S/C16H16O2/c1-13(17)18-12-11-14-7-9-16(10-8-14)15-5-3-2-4-6-15/h2-10H,11-12H2,1H3. The highest BCUT2D eigenvalue weighted by molar-refractivity contribution is 5.66. The lowest BCUT2D eigenvalue weighted by molar-refractivity contribution is -0.140. The van der Waals surface area contributed by atoms with Gasteiger partial charge in [-0.05, 0) is 16.7 Å². The van der Waals surface area contributed by atoms with Crippen molar-refractivity contribution in [3.63, 3.8) is 0 Å². The first-order valence-electron chi connectivity index (χ1n) is 6.03. The van der Waals surface area contributed by atoms with E-state index in [2.05, 4.69) is 36.4 Å². The Bertz CT molecular complexity index is 500. The molecular weight excluding hydrogens is 224 g/mol. The van der Waals surface area contributed by atoms with E-state index in [1.807, 2.05) is 18.2 Å². The van der Waals surface area contributed by atoms with Gasteiger partial charge in [-0.1, -0.05) is 54.6 Å². The lowest BCUT2D eigenvalue weighted by Crippen LogP contribution is -2.03. The fourth-order valence-corrected chi connectivity index (χ4v) is 1.81. The van der Waals surface area contributed by atoms with Crippen molar-refractivity contribution in [3.8, 4) is 11.1 Å². The SMILES string of the molecule is CC(=O)OCCc1ccc(-c2ccccc2)cc1. The Balaban J connectivity index is 2.00. The van der Waals surface area contributed by atoms with Gasteiger partial charge in [-0.15, -0.1) is 0 Å². The molecule has 2 aromatic carbocycles. The number of carbonyl (C=O) groups excluding carboxylic acids is 1. The van der Waals surface area contributed by atoms with Crippen LogP contribution in [0.5, 0.6) is 0 Å². The highest BCUT2D eigenvalue weighted by Gasteiger charge is 1.98. The predicted octanol–water partition coefficient (Wildman–Crippen LogP) is 3.46. The summed E-state index contributed by atoms with van der Waals surface area (Å²) in [6, 6.07) is 18.6. The number of ether oxygens (including phenoxy) is 1. The molecule has 0 N–H and O–H groups in total. The van der Waals surface area contributed by atoms with Crippen LogP contribution in [0, 0.1) is 0 Å². The van der Waals surface area contributed by atoms with Crippen molar-refractivity contribution in [2.75, 3.05) is 6.61 Å². The smallest absolute Gasteiger partial charge is 0.302 e. The van der Waals surface area contributed by atoms with Crippen molar-refractivity contribution < 1.29 is 9.53 Å². The van der Waals surface area contributed by atoms with Crippen LogP contribution in [-0.2, 0) is 16.0 Å². The maximum Gasteiger partial charge on any atom is 0.302 e. The molecule has 0 radical (unpaired) electrons. The van der Waals surface area contributed by atoms with Gasteiger partial charge in [0.2, 0.25) is 0 Å². The van der Waals surface area contributed by atoms with E-state index in [4.69, 9.17) is 4.74 Å². The first-order valence-corrected chi connectivity index (χ1v) is 6.03. The Morgan fingerprint density at radius 2 is 1.56 bits per heavy atom. The van der Waals surface area contributed by atoms with Gasteiger partial charge in [-0.3, -0.25) is 4.79 Å². The second-order valence-electron chi connectivity index (χ2n) is 4.15. The van der Waals surface area contributed by atoms with Crippen molar-refractivity contribution in [2.45, 2.75) is 13.3 Å². The zero-order valence-corrected chi connectivity index (χ0v) is 10.4. The van der Waals surface area contributed by atoms with E-state index in [9.17, 15) is 4.79 Å². The molecule has 0 saturated carbocycles. The zero-order valence-electron chi connectivity index (χ0n) is 10.4. The molecule has 0 aromatic heterocycles. The fraction of sp³-hybridized carbons (Fsp3) is 0.188. The predicted molar refractivity (Wildman–Crippen MR) is 72.2 cm³/mol. The second kappa shape index (κ2) is 6.01. The molecule has 2 nitrogen and oxygen atoms in total. The average Bonchev–Trinajstić information content (AvgIpc) is 2.40. The molecule has 0 unspecified atom stereocenters. The monoisotopic (exact) mass is 240 g/mol. The first-order chi connectivity index (χ1) is 8.75. The third-order valence-corrected chi connectivity index (χ3v) is 2.76. The van der Waals surface area contributed by atoms with Gasteiger partial charge >= 0.3 is 5.97 Å². The normalized spacial score (nSPS) is 10.1. The van der Waals surface area contributed by atoms with Gasteiger partial charge in [0, 0.05) is 13.3 Å². The summed E-state index contributed by atoms with van der Waals surface area (Å²) >= 11 is 0. The summed E-state index contributed by atoms with van der Waals surface area (Å²) in [5.74, 6) is -0.226. The van der Waals surface area contributed by atoms with Crippen molar-refractivity contribution >= 4 is 5.97 Å². The molecule has 0 atom stereocenters. The molecule has 2 rings (SSSR count). The molecular formula is C16H16O2. The lowest BCUT2D eigenvalue weighted by atomic mass is 10.0. The Labute approximate surface area is 107 Å². The molecule has 18 heavy (non-hydrogen) atoms. The maximum atomic E-state index is 10.7. The molecule has 0 bridgehead atoms. The van der Waals surface area contributed by atoms with Gasteiger partial charge in [-0.25, -0.2) is 0 Å². The van der Waals surface area contributed by atoms with Gasteiger partial charge in [0.25, 0.3) is 0 Å². The molecule has 2 aromatic rings. The van der Waals surface area contributed by atoms with Gasteiger partial charge in [-0.2, -0.15) is 0 Å². The lowest BCUT2D eigenvalue weighted by Gasteiger charge is -2.05. The van der Waals surface area contributed by atoms with Crippen LogP contribution >= 0.6 is 0 Å². The van der Waals surface area contributed by atoms with Crippen LogP contribution in [0.3, 0.4) is 0 Å². The molecule has 0 aliphatic rings. The molecule has 0 saturated heterocycles. The number of esters is 1. The van der Waals surface area contributed by atoms with Crippen LogP contribution in [-0.4, -0.2) is 12.6 Å². The molecule has 0 aliphatic heterocycles. The molecule has 0 heterocycles. The van der Waals surface area contributed by atoms with Gasteiger partial charge in [0.1, 0.15) is 0 Å². The minimum atomic E-state index is -0.226. The summed E-state index contributed by atoms with van der Waals surface area (Å²) < 4.78 is 4.92. The largest absolute Gasteiger partial charge is 0.466 e. The molecule has 2 heteroatoms. The third kappa shape index (κ3) is 3.45.